The Kier molecular flexibility index (Phi) is 9.43. The van der Waals surface area contributed by atoms with E-state index in [-0.39, 0.29) is 0 Å². The maximum atomic E-state index is 6.09. The average molecular weight is 560 g/mol. The number of rotatable bonds is 13. The van der Waals surface area contributed by atoms with Crippen molar-refractivity contribution in [2.24, 2.45) is 0 Å². The molecule has 4 aromatic rings. The van der Waals surface area contributed by atoms with Crippen molar-refractivity contribution >= 4 is 30.7 Å². The van der Waals surface area contributed by atoms with Crippen LogP contribution in [0.1, 0.15) is 5.56 Å². The summed E-state index contributed by atoms with van der Waals surface area (Å²) in [6.45, 7) is 14.1. The number of nitrogens with one attached hydrogen (secondary N) is 2. The second-order valence-corrected chi connectivity index (χ2v) is 17.0. The van der Waals surface area contributed by atoms with Gasteiger partial charge in [-0.1, -0.05) is 62.1 Å². The van der Waals surface area contributed by atoms with Gasteiger partial charge in [-0.15, -0.1) is 0 Å². The van der Waals surface area contributed by atoms with Gasteiger partial charge in [-0.3, -0.25) is 4.90 Å². The zero-order valence-electron chi connectivity index (χ0n) is 23.9. The minimum atomic E-state index is -1.18. The standard InChI is InChI=1S/C30H41N7O2Si/c1-40(2,3)19-18-39-23-37-29-27(22-33-30(34-29)31-12-13-36-14-16-38-17-15-36)28(35-37)25-10-7-11-26(20-25)32-21-24-8-5-4-6-9-24/h4-11,20,22,32H,12-19,21,23H2,1-3H3,(H,31,33,34). The fourth-order valence-electron chi connectivity index (χ4n) is 4.60. The Bertz CT molecular complexity index is 1370. The molecule has 0 saturated carbocycles. The van der Waals surface area contributed by atoms with Crippen LogP contribution in [0.2, 0.25) is 25.7 Å². The van der Waals surface area contributed by atoms with Gasteiger partial charge in [0.25, 0.3) is 0 Å². The van der Waals surface area contributed by atoms with E-state index in [0.717, 1.165) is 86.6 Å². The number of hydrogen-bond donors (Lipinski definition) is 2. The molecule has 1 aliphatic heterocycles. The fourth-order valence-corrected chi connectivity index (χ4v) is 5.36. The SMILES string of the molecule is C[Si](C)(C)CCOCn1nc(-c2cccc(NCc3ccccc3)c2)c2cnc(NCCN3CCOCC3)nc21. The second-order valence-electron chi connectivity index (χ2n) is 11.4. The van der Waals surface area contributed by atoms with Gasteiger partial charge in [-0.2, -0.15) is 10.1 Å². The summed E-state index contributed by atoms with van der Waals surface area (Å²) in [5.74, 6) is 0.605. The number of hydrogen-bond acceptors (Lipinski definition) is 8. The Labute approximate surface area is 237 Å². The highest BCUT2D eigenvalue weighted by molar-refractivity contribution is 6.76. The van der Waals surface area contributed by atoms with Gasteiger partial charge in [-0.25, -0.2) is 9.67 Å². The third kappa shape index (κ3) is 7.88. The van der Waals surface area contributed by atoms with Gasteiger partial charge >= 0.3 is 0 Å². The Morgan fingerprint density at radius 2 is 1.82 bits per heavy atom. The van der Waals surface area contributed by atoms with Gasteiger partial charge in [-0.05, 0) is 23.7 Å². The van der Waals surface area contributed by atoms with Crippen LogP contribution < -0.4 is 10.6 Å². The molecule has 40 heavy (non-hydrogen) atoms. The van der Waals surface area contributed by atoms with E-state index in [1.54, 1.807) is 0 Å². The van der Waals surface area contributed by atoms with E-state index < -0.39 is 8.07 Å². The van der Waals surface area contributed by atoms with Crippen molar-refractivity contribution in [3.8, 4) is 11.3 Å². The summed E-state index contributed by atoms with van der Waals surface area (Å²) in [4.78, 5) is 11.9. The third-order valence-electron chi connectivity index (χ3n) is 6.99. The summed E-state index contributed by atoms with van der Waals surface area (Å²) in [7, 11) is -1.18. The number of anilines is 2. The predicted octanol–water partition coefficient (Wildman–Crippen LogP) is 5.16. The van der Waals surface area contributed by atoms with Crippen molar-refractivity contribution in [2.75, 3.05) is 56.6 Å². The van der Waals surface area contributed by atoms with Crippen molar-refractivity contribution in [3.05, 3.63) is 66.4 Å². The molecule has 0 radical (unpaired) electrons. The number of benzene rings is 2. The first-order chi connectivity index (χ1) is 19.4. The van der Waals surface area contributed by atoms with Gasteiger partial charge in [0.05, 0.1) is 18.6 Å². The monoisotopic (exact) mass is 559 g/mol. The molecule has 1 fully saturated rings. The Hall–Kier alpha value is -3.31. The van der Waals surface area contributed by atoms with Crippen molar-refractivity contribution in [3.63, 3.8) is 0 Å². The molecule has 0 aliphatic carbocycles. The van der Waals surface area contributed by atoms with Crippen LogP contribution in [0.5, 0.6) is 0 Å². The summed E-state index contributed by atoms with van der Waals surface area (Å²) < 4.78 is 13.4. The van der Waals surface area contributed by atoms with Gasteiger partial charge in [0.15, 0.2) is 5.65 Å². The minimum Gasteiger partial charge on any atom is -0.381 e. The van der Waals surface area contributed by atoms with Crippen LogP contribution in [0.25, 0.3) is 22.3 Å². The molecule has 10 heteroatoms. The van der Waals surface area contributed by atoms with E-state index in [4.69, 9.17) is 19.6 Å². The highest BCUT2D eigenvalue weighted by Gasteiger charge is 2.17. The molecule has 9 nitrogen and oxygen atoms in total. The van der Waals surface area contributed by atoms with E-state index in [9.17, 15) is 0 Å². The molecule has 1 aliphatic rings. The van der Waals surface area contributed by atoms with Gasteiger partial charge in [0, 0.05) is 64.9 Å². The Balaban J connectivity index is 1.34. The number of aromatic nitrogens is 4. The van der Waals surface area contributed by atoms with E-state index in [0.29, 0.717) is 12.7 Å². The lowest BCUT2D eigenvalue weighted by Crippen LogP contribution is -2.39. The first kappa shape index (κ1) is 28.2. The second kappa shape index (κ2) is 13.4. The molecule has 212 valence electrons. The molecule has 3 heterocycles. The molecule has 2 N–H and O–H groups in total. The van der Waals surface area contributed by atoms with Gasteiger partial charge in [0.2, 0.25) is 5.95 Å². The first-order valence-corrected chi connectivity index (χ1v) is 17.9. The largest absolute Gasteiger partial charge is 0.381 e. The molecule has 1 saturated heterocycles. The zero-order chi connectivity index (χ0) is 27.8. The summed E-state index contributed by atoms with van der Waals surface area (Å²) in [6.07, 6.45) is 1.88. The van der Waals surface area contributed by atoms with E-state index >= 15 is 0 Å². The van der Waals surface area contributed by atoms with Crippen molar-refractivity contribution < 1.29 is 9.47 Å². The normalized spacial score (nSPS) is 14.5. The topological polar surface area (TPSA) is 89.4 Å². The molecule has 0 atom stereocenters. The quantitative estimate of drug-likeness (QED) is 0.172. The number of ether oxygens (including phenoxy) is 2. The molecule has 2 aromatic heterocycles. The number of morpholine rings is 1. The van der Waals surface area contributed by atoms with Crippen LogP contribution >= 0.6 is 0 Å². The maximum Gasteiger partial charge on any atom is 0.224 e. The molecular formula is C30H41N7O2Si. The lowest BCUT2D eigenvalue weighted by atomic mass is 10.1. The molecule has 0 spiro atoms. The van der Waals surface area contributed by atoms with Crippen LogP contribution in [0.15, 0.2) is 60.8 Å². The minimum absolute atomic E-state index is 0.358. The van der Waals surface area contributed by atoms with Crippen LogP contribution in [0, 0.1) is 0 Å². The third-order valence-corrected chi connectivity index (χ3v) is 8.69. The maximum absolute atomic E-state index is 6.09. The van der Waals surface area contributed by atoms with E-state index in [1.165, 1.54) is 5.56 Å². The van der Waals surface area contributed by atoms with Crippen molar-refractivity contribution in [2.45, 2.75) is 39.0 Å². The number of fused-ring (bicyclic) bond motifs is 1. The molecule has 2 aromatic carbocycles. The van der Waals surface area contributed by atoms with Crippen LogP contribution in [0.3, 0.4) is 0 Å². The molecule has 0 unspecified atom stereocenters. The van der Waals surface area contributed by atoms with Crippen molar-refractivity contribution in [1.82, 2.24) is 24.6 Å². The summed E-state index contributed by atoms with van der Waals surface area (Å²) >= 11 is 0. The first-order valence-electron chi connectivity index (χ1n) is 14.2. The molecule has 5 rings (SSSR count). The molecule has 0 bridgehead atoms. The highest BCUT2D eigenvalue weighted by Crippen LogP contribution is 2.29. The summed E-state index contributed by atoms with van der Waals surface area (Å²) in [6, 6.07) is 19.9. The Morgan fingerprint density at radius 1 is 1.00 bits per heavy atom. The highest BCUT2D eigenvalue weighted by atomic mass is 28.3. The number of nitrogens with zero attached hydrogens (tertiary/aromatic N) is 5. The van der Waals surface area contributed by atoms with E-state index in [1.807, 2.05) is 16.9 Å². The predicted molar refractivity (Wildman–Crippen MR) is 164 cm³/mol. The molecular weight excluding hydrogens is 518 g/mol. The lowest BCUT2D eigenvalue weighted by molar-refractivity contribution is 0.0398. The molecule has 0 amide bonds. The summed E-state index contributed by atoms with van der Waals surface area (Å²) in [5.41, 5.74) is 4.92. The van der Waals surface area contributed by atoms with Crippen molar-refractivity contribution in [1.29, 1.82) is 0 Å². The van der Waals surface area contributed by atoms with Gasteiger partial charge in [0.1, 0.15) is 12.4 Å². The zero-order valence-corrected chi connectivity index (χ0v) is 24.9. The van der Waals surface area contributed by atoms with Crippen LogP contribution in [0.4, 0.5) is 11.6 Å². The summed E-state index contributed by atoms with van der Waals surface area (Å²) in [5, 5.41) is 12.8. The average Bonchev–Trinajstić information content (AvgIpc) is 3.33. The Morgan fingerprint density at radius 3 is 2.62 bits per heavy atom. The van der Waals surface area contributed by atoms with Crippen LogP contribution in [-0.4, -0.2) is 78.7 Å². The lowest BCUT2D eigenvalue weighted by Gasteiger charge is -2.26. The fraction of sp³-hybridized carbons (Fsp3) is 0.433. The van der Waals surface area contributed by atoms with E-state index in [2.05, 4.69) is 88.7 Å². The van der Waals surface area contributed by atoms with Crippen LogP contribution in [-0.2, 0) is 22.7 Å². The smallest absolute Gasteiger partial charge is 0.224 e. The van der Waals surface area contributed by atoms with Gasteiger partial charge < -0.3 is 20.1 Å².